The average molecular weight is 457 g/mol. The van der Waals surface area contributed by atoms with Gasteiger partial charge in [0.15, 0.2) is 5.76 Å². The molecule has 3 heterocycles. The number of hydrogen-bond acceptors (Lipinski definition) is 6. The SMILES string of the molecule is Cc1cc(=O)c(O)c(C2(CC(=O)NC3CCN(Cc4ccccc4)CC3)CCSCC2)o1. The van der Waals surface area contributed by atoms with Crippen LogP contribution < -0.4 is 10.7 Å². The Morgan fingerprint density at radius 1 is 1.22 bits per heavy atom. The van der Waals surface area contributed by atoms with Crippen molar-refractivity contribution < 1.29 is 14.3 Å². The number of nitrogens with zero attached hydrogens (tertiary/aromatic N) is 1. The molecular formula is C25H32N2O4S. The molecule has 0 unspecified atom stereocenters. The van der Waals surface area contributed by atoms with Gasteiger partial charge in [0.1, 0.15) is 5.76 Å². The quantitative estimate of drug-likeness (QED) is 0.691. The van der Waals surface area contributed by atoms with Crippen LogP contribution in [-0.4, -0.2) is 46.6 Å². The molecule has 2 aromatic rings. The van der Waals surface area contributed by atoms with Crippen molar-refractivity contribution >= 4 is 17.7 Å². The van der Waals surface area contributed by atoms with Crippen molar-refractivity contribution in [1.29, 1.82) is 0 Å². The summed E-state index contributed by atoms with van der Waals surface area (Å²) in [6, 6.07) is 11.9. The fraction of sp³-hybridized carbons (Fsp3) is 0.520. The summed E-state index contributed by atoms with van der Waals surface area (Å²) in [5.41, 5.74) is 0.248. The highest BCUT2D eigenvalue weighted by molar-refractivity contribution is 7.99. The van der Waals surface area contributed by atoms with E-state index >= 15 is 0 Å². The molecule has 4 rings (SSSR count). The van der Waals surface area contributed by atoms with E-state index in [1.165, 1.54) is 11.6 Å². The second kappa shape index (κ2) is 10.1. The van der Waals surface area contributed by atoms with Crippen molar-refractivity contribution in [1.82, 2.24) is 10.2 Å². The number of rotatable bonds is 6. The second-order valence-corrected chi connectivity index (χ2v) is 10.3. The molecule has 0 atom stereocenters. The van der Waals surface area contributed by atoms with Gasteiger partial charge < -0.3 is 14.8 Å². The van der Waals surface area contributed by atoms with Gasteiger partial charge in [-0.2, -0.15) is 11.8 Å². The minimum absolute atomic E-state index is 0.0260. The van der Waals surface area contributed by atoms with Crippen molar-refractivity contribution in [3.05, 3.63) is 63.7 Å². The first-order valence-electron chi connectivity index (χ1n) is 11.4. The van der Waals surface area contributed by atoms with Crippen LogP contribution in [-0.2, 0) is 16.8 Å². The lowest BCUT2D eigenvalue weighted by Crippen LogP contribution is -2.46. The number of nitrogens with one attached hydrogen (secondary N) is 1. The second-order valence-electron chi connectivity index (χ2n) is 9.07. The van der Waals surface area contributed by atoms with Crippen LogP contribution in [0.25, 0.3) is 0 Å². The van der Waals surface area contributed by atoms with Gasteiger partial charge in [0, 0.05) is 43.6 Å². The van der Waals surface area contributed by atoms with Gasteiger partial charge in [0.25, 0.3) is 0 Å². The molecule has 0 saturated carbocycles. The molecule has 2 aliphatic heterocycles. The average Bonchev–Trinajstić information content (AvgIpc) is 2.79. The molecule has 172 valence electrons. The van der Waals surface area contributed by atoms with Gasteiger partial charge >= 0.3 is 0 Å². The zero-order chi connectivity index (χ0) is 22.6. The number of hydrogen-bond donors (Lipinski definition) is 2. The molecule has 1 aromatic carbocycles. The smallest absolute Gasteiger partial charge is 0.227 e. The number of thioether (sulfide) groups is 1. The summed E-state index contributed by atoms with van der Waals surface area (Å²) in [7, 11) is 0. The third kappa shape index (κ3) is 5.38. The highest BCUT2D eigenvalue weighted by Crippen LogP contribution is 2.44. The van der Waals surface area contributed by atoms with Crippen LogP contribution in [0.1, 0.15) is 49.2 Å². The number of aryl methyl sites for hydroxylation is 1. The monoisotopic (exact) mass is 456 g/mol. The molecule has 6 nitrogen and oxygen atoms in total. The van der Waals surface area contributed by atoms with Crippen molar-refractivity contribution in [2.75, 3.05) is 24.6 Å². The first kappa shape index (κ1) is 22.9. The predicted octanol–water partition coefficient (Wildman–Crippen LogP) is 3.59. The van der Waals surface area contributed by atoms with Crippen LogP contribution in [0.15, 0.2) is 45.6 Å². The number of likely N-dealkylation sites (tertiary alicyclic amines) is 1. The molecule has 7 heteroatoms. The highest BCUT2D eigenvalue weighted by Gasteiger charge is 2.42. The fourth-order valence-electron chi connectivity index (χ4n) is 4.87. The zero-order valence-electron chi connectivity index (χ0n) is 18.6. The largest absolute Gasteiger partial charge is 0.502 e. The van der Waals surface area contributed by atoms with Gasteiger partial charge in [-0.25, -0.2) is 0 Å². The maximum Gasteiger partial charge on any atom is 0.227 e. The van der Waals surface area contributed by atoms with E-state index in [0.29, 0.717) is 18.6 Å². The fourth-order valence-corrected chi connectivity index (χ4v) is 6.15. The minimum atomic E-state index is -0.626. The maximum atomic E-state index is 13.1. The molecule has 0 aliphatic carbocycles. The molecule has 2 N–H and O–H groups in total. The topological polar surface area (TPSA) is 82.8 Å². The van der Waals surface area contributed by atoms with Gasteiger partial charge in [0.05, 0.1) is 0 Å². The number of benzene rings is 1. The normalized spacial score (nSPS) is 19.5. The Balaban J connectivity index is 1.38. The Morgan fingerprint density at radius 3 is 2.59 bits per heavy atom. The summed E-state index contributed by atoms with van der Waals surface area (Å²) in [6.07, 6.45) is 3.50. The molecule has 2 fully saturated rings. The zero-order valence-corrected chi connectivity index (χ0v) is 19.5. The van der Waals surface area contributed by atoms with Crippen LogP contribution in [0.3, 0.4) is 0 Å². The van der Waals surface area contributed by atoms with Crippen molar-refractivity contribution in [3.63, 3.8) is 0 Å². The van der Waals surface area contributed by atoms with Crippen LogP contribution >= 0.6 is 11.8 Å². The molecule has 2 saturated heterocycles. The Kier molecular flexibility index (Phi) is 7.26. The van der Waals surface area contributed by atoms with Crippen molar-refractivity contribution in [2.45, 2.75) is 57.0 Å². The third-order valence-electron chi connectivity index (χ3n) is 6.68. The van der Waals surface area contributed by atoms with E-state index in [4.69, 9.17) is 4.42 Å². The van der Waals surface area contributed by atoms with Gasteiger partial charge in [-0.05, 0) is 49.7 Å². The van der Waals surface area contributed by atoms with E-state index < -0.39 is 10.8 Å². The molecular weight excluding hydrogens is 424 g/mol. The summed E-state index contributed by atoms with van der Waals surface area (Å²) in [5.74, 6) is 2.14. The lowest BCUT2D eigenvalue weighted by molar-refractivity contribution is -0.123. The lowest BCUT2D eigenvalue weighted by Gasteiger charge is -2.37. The molecule has 2 aliphatic rings. The Bertz CT molecular complexity index is 977. The van der Waals surface area contributed by atoms with E-state index in [1.54, 1.807) is 6.92 Å². The molecule has 0 radical (unpaired) electrons. The number of amides is 1. The summed E-state index contributed by atoms with van der Waals surface area (Å²) < 4.78 is 5.85. The van der Waals surface area contributed by atoms with Crippen LogP contribution in [0.5, 0.6) is 5.75 Å². The highest BCUT2D eigenvalue weighted by atomic mass is 32.2. The van der Waals surface area contributed by atoms with E-state index in [-0.39, 0.29) is 29.9 Å². The number of aromatic hydroxyl groups is 1. The summed E-state index contributed by atoms with van der Waals surface area (Å²) in [5, 5.41) is 13.7. The molecule has 1 aromatic heterocycles. The molecule has 0 spiro atoms. The Hall–Kier alpha value is -2.25. The van der Waals surface area contributed by atoms with Crippen LogP contribution in [0, 0.1) is 6.92 Å². The molecule has 32 heavy (non-hydrogen) atoms. The summed E-state index contributed by atoms with van der Waals surface area (Å²) in [6.45, 7) is 4.55. The number of piperidine rings is 1. The van der Waals surface area contributed by atoms with Gasteiger partial charge in [-0.3, -0.25) is 14.5 Å². The van der Waals surface area contributed by atoms with Gasteiger partial charge in [-0.1, -0.05) is 30.3 Å². The van der Waals surface area contributed by atoms with Crippen molar-refractivity contribution in [3.8, 4) is 5.75 Å². The minimum Gasteiger partial charge on any atom is -0.502 e. The molecule has 0 bridgehead atoms. The summed E-state index contributed by atoms with van der Waals surface area (Å²) in [4.78, 5) is 27.7. The third-order valence-corrected chi connectivity index (χ3v) is 7.66. The first-order valence-corrected chi connectivity index (χ1v) is 12.6. The Labute approximate surface area is 193 Å². The summed E-state index contributed by atoms with van der Waals surface area (Å²) >= 11 is 1.83. The Morgan fingerprint density at radius 2 is 1.91 bits per heavy atom. The van der Waals surface area contributed by atoms with Crippen LogP contribution in [0.2, 0.25) is 0 Å². The standard InChI is InChI=1S/C25H32N2O4S/c1-18-15-21(28)23(30)24(31-18)25(9-13-32-14-10-25)16-22(29)26-20-7-11-27(12-8-20)17-19-5-3-2-4-6-19/h2-6,15,20,30H,7-14,16-17H2,1H3,(H,26,29). The van der Waals surface area contributed by atoms with E-state index in [0.717, 1.165) is 44.0 Å². The predicted molar refractivity (Wildman–Crippen MR) is 127 cm³/mol. The number of carbonyl (C=O) groups is 1. The van der Waals surface area contributed by atoms with Crippen molar-refractivity contribution in [2.24, 2.45) is 0 Å². The van der Waals surface area contributed by atoms with Gasteiger partial charge in [-0.15, -0.1) is 0 Å². The number of carbonyl (C=O) groups excluding carboxylic acids is 1. The first-order chi connectivity index (χ1) is 15.4. The van der Waals surface area contributed by atoms with E-state index in [2.05, 4.69) is 34.5 Å². The van der Waals surface area contributed by atoms with Gasteiger partial charge in [0.2, 0.25) is 17.1 Å². The van der Waals surface area contributed by atoms with E-state index in [1.807, 2.05) is 17.8 Å². The van der Waals surface area contributed by atoms with Crippen LogP contribution in [0.4, 0.5) is 0 Å². The lowest BCUT2D eigenvalue weighted by atomic mass is 9.75. The maximum absolute atomic E-state index is 13.1. The van der Waals surface area contributed by atoms with E-state index in [9.17, 15) is 14.7 Å². The molecule has 1 amide bonds.